The molecule has 0 aliphatic carbocycles. The third kappa shape index (κ3) is 3.31. The van der Waals surface area contributed by atoms with Gasteiger partial charge in [-0.3, -0.25) is 4.68 Å². The number of rotatable bonds is 5. The SMILES string of the molecule is CCSCCn1cnc(C(N)=S)n1. The number of thiocarbonyl (C=S) groups is 1. The van der Waals surface area contributed by atoms with Gasteiger partial charge in [-0.25, -0.2) is 4.98 Å². The Morgan fingerprint density at radius 1 is 1.77 bits per heavy atom. The molecule has 72 valence electrons. The first-order valence-electron chi connectivity index (χ1n) is 4.01. The molecular weight excluding hydrogens is 204 g/mol. The van der Waals surface area contributed by atoms with Crippen LogP contribution in [0.15, 0.2) is 6.33 Å². The average Bonchev–Trinajstić information content (AvgIpc) is 2.53. The highest BCUT2D eigenvalue weighted by Gasteiger charge is 2.02. The molecule has 4 nitrogen and oxygen atoms in total. The second-order valence-electron chi connectivity index (χ2n) is 2.39. The summed E-state index contributed by atoms with van der Waals surface area (Å²) in [6.07, 6.45) is 1.66. The molecule has 13 heavy (non-hydrogen) atoms. The molecule has 0 aliphatic rings. The Labute approximate surface area is 86.9 Å². The van der Waals surface area contributed by atoms with E-state index in [0.29, 0.717) is 5.82 Å². The van der Waals surface area contributed by atoms with Gasteiger partial charge in [0.15, 0.2) is 0 Å². The Bertz CT molecular complexity index is 284. The first-order valence-corrected chi connectivity index (χ1v) is 5.57. The Morgan fingerprint density at radius 2 is 2.54 bits per heavy atom. The number of hydrogen-bond donors (Lipinski definition) is 1. The lowest BCUT2D eigenvalue weighted by Crippen LogP contribution is -2.12. The summed E-state index contributed by atoms with van der Waals surface area (Å²) in [5.74, 6) is 2.62. The Morgan fingerprint density at radius 3 is 3.08 bits per heavy atom. The molecule has 0 atom stereocenters. The quantitative estimate of drug-likeness (QED) is 0.579. The fraction of sp³-hybridized carbons (Fsp3) is 0.571. The summed E-state index contributed by atoms with van der Waals surface area (Å²) in [6.45, 7) is 2.99. The molecule has 0 spiro atoms. The van der Waals surface area contributed by atoms with Crippen LogP contribution in [0.2, 0.25) is 0 Å². The molecule has 2 N–H and O–H groups in total. The van der Waals surface area contributed by atoms with Crippen molar-refractivity contribution in [1.29, 1.82) is 0 Å². The van der Waals surface area contributed by atoms with Crippen LogP contribution in [0, 0.1) is 0 Å². The fourth-order valence-electron chi connectivity index (χ4n) is 0.818. The van der Waals surface area contributed by atoms with Crippen LogP contribution in [0.1, 0.15) is 12.7 Å². The molecule has 0 amide bonds. The minimum atomic E-state index is 0.252. The van der Waals surface area contributed by atoms with Crippen LogP contribution in [0.3, 0.4) is 0 Å². The van der Waals surface area contributed by atoms with Crippen molar-refractivity contribution in [1.82, 2.24) is 14.8 Å². The van der Waals surface area contributed by atoms with Crippen LogP contribution >= 0.6 is 24.0 Å². The molecule has 0 saturated heterocycles. The first kappa shape index (κ1) is 10.5. The lowest BCUT2D eigenvalue weighted by molar-refractivity contribution is 0.663. The van der Waals surface area contributed by atoms with Crippen molar-refractivity contribution in [2.45, 2.75) is 13.5 Å². The molecule has 0 radical (unpaired) electrons. The molecular formula is C7H12N4S2. The largest absolute Gasteiger partial charge is 0.387 e. The molecule has 1 rings (SSSR count). The molecule has 0 bridgehead atoms. The molecule has 1 aromatic rings. The second-order valence-corrected chi connectivity index (χ2v) is 4.23. The van der Waals surface area contributed by atoms with Crippen molar-refractivity contribution >= 4 is 29.0 Å². The summed E-state index contributed by atoms with van der Waals surface area (Å²) in [6, 6.07) is 0. The molecule has 6 heteroatoms. The summed E-state index contributed by atoms with van der Waals surface area (Å²) in [4.78, 5) is 4.22. The van der Waals surface area contributed by atoms with Gasteiger partial charge >= 0.3 is 0 Å². The second kappa shape index (κ2) is 5.18. The van der Waals surface area contributed by atoms with E-state index in [4.69, 9.17) is 18.0 Å². The van der Waals surface area contributed by atoms with E-state index in [-0.39, 0.29) is 4.99 Å². The summed E-state index contributed by atoms with van der Waals surface area (Å²) < 4.78 is 1.76. The van der Waals surface area contributed by atoms with Gasteiger partial charge in [-0.2, -0.15) is 11.8 Å². The van der Waals surface area contributed by atoms with Crippen molar-refractivity contribution in [2.75, 3.05) is 11.5 Å². The maximum absolute atomic E-state index is 5.37. The number of aromatic nitrogens is 3. The molecule has 0 aliphatic heterocycles. The van der Waals surface area contributed by atoms with E-state index in [1.54, 1.807) is 11.0 Å². The number of nitrogens with zero attached hydrogens (tertiary/aromatic N) is 3. The lowest BCUT2D eigenvalue weighted by Gasteiger charge is -1.97. The van der Waals surface area contributed by atoms with Crippen LogP contribution in [-0.2, 0) is 6.54 Å². The Hall–Kier alpha value is -0.620. The van der Waals surface area contributed by atoms with Crippen molar-refractivity contribution in [3.8, 4) is 0 Å². The average molecular weight is 216 g/mol. The topological polar surface area (TPSA) is 56.7 Å². The van der Waals surface area contributed by atoms with E-state index in [2.05, 4.69) is 17.0 Å². The molecule has 1 aromatic heterocycles. The predicted molar refractivity (Wildman–Crippen MR) is 58.9 cm³/mol. The van der Waals surface area contributed by atoms with Gasteiger partial charge in [0.2, 0.25) is 5.82 Å². The highest BCUT2D eigenvalue weighted by atomic mass is 32.2. The van der Waals surface area contributed by atoms with Crippen LogP contribution in [0.4, 0.5) is 0 Å². The van der Waals surface area contributed by atoms with Gasteiger partial charge in [0.1, 0.15) is 11.3 Å². The zero-order valence-corrected chi connectivity index (χ0v) is 9.07. The van der Waals surface area contributed by atoms with Crippen molar-refractivity contribution in [3.63, 3.8) is 0 Å². The summed E-state index contributed by atoms with van der Waals surface area (Å²) in [5, 5.41) is 4.11. The number of nitrogens with two attached hydrogens (primary N) is 1. The highest BCUT2D eigenvalue weighted by molar-refractivity contribution is 7.99. The first-order chi connectivity index (χ1) is 6.24. The maximum Gasteiger partial charge on any atom is 0.208 e. The van der Waals surface area contributed by atoms with Crippen molar-refractivity contribution in [2.24, 2.45) is 5.73 Å². The van der Waals surface area contributed by atoms with E-state index in [9.17, 15) is 0 Å². The van der Waals surface area contributed by atoms with Crippen LogP contribution < -0.4 is 5.73 Å². The Balaban J connectivity index is 2.44. The number of hydrogen-bond acceptors (Lipinski definition) is 4. The zero-order chi connectivity index (χ0) is 9.68. The molecule has 0 unspecified atom stereocenters. The van der Waals surface area contributed by atoms with E-state index in [0.717, 1.165) is 18.1 Å². The smallest absolute Gasteiger partial charge is 0.208 e. The van der Waals surface area contributed by atoms with E-state index in [1.165, 1.54) is 0 Å². The van der Waals surface area contributed by atoms with Gasteiger partial charge in [0.25, 0.3) is 0 Å². The summed E-state index contributed by atoms with van der Waals surface area (Å²) in [5.41, 5.74) is 5.37. The molecule has 1 heterocycles. The third-order valence-electron chi connectivity index (χ3n) is 1.43. The van der Waals surface area contributed by atoms with Gasteiger partial charge < -0.3 is 5.73 Å². The summed E-state index contributed by atoms with van der Waals surface area (Å²) >= 11 is 6.61. The number of thioether (sulfide) groups is 1. The van der Waals surface area contributed by atoms with Gasteiger partial charge in [-0.1, -0.05) is 19.1 Å². The van der Waals surface area contributed by atoms with E-state index >= 15 is 0 Å². The minimum Gasteiger partial charge on any atom is -0.387 e. The Kier molecular flexibility index (Phi) is 4.17. The predicted octanol–water partition coefficient (Wildman–Crippen LogP) is 0.665. The lowest BCUT2D eigenvalue weighted by atomic mass is 10.6. The van der Waals surface area contributed by atoms with Crippen LogP contribution in [0.5, 0.6) is 0 Å². The number of aryl methyl sites for hydroxylation is 1. The minimum absolute atomic E-state index is 0.252. The van der Waals surface area contributed by atoms with Gasteiger partial charge in [0.05, 0.1) is 6.54 Å². The van der Waals surface area contributed by atoms with Gasteiger partial charge in [-0.15, -0.1) is 5.10 Å². The van der Waals surface area contributed by atoms with Crippen molar-refractivity contribution < 1.29 is 0 Å². The van der Waals surface area contributed by atoms with Gasteiger partial charge in [-0.05, 0) is 5.75 Å². The maximum atomic E-state index is 5.37. The third-order valence-corrected chi connectivity index (χ3v) is 2.49. The molecule has 0 aromatic carbocycles. The highest BCUT2D eigenvalue weighted by Crippen LogP contribution is 1.99. The van der Waals surface area contributed by atoms with Crippen LogP contribution in [0.25, 0.3) is 0 Å². The van der Waals surface area contributed by atoms with E-state index < -0.39 is 0 Å². The molecule has 0 saturated carbocycles. The zero-order valence-electron chi connectivity index (χ0n) is 7.43. The van der Waals surface area contributed by atoms with Crippen LogP contribution in [-0.4, -0.2) is 31.3 Å². The van der Waals surface area contributed by atoms with Gasteiger partial charge in [0, 0.05) is 5.75 Å². The van der Waals surface area contributed by atoms with E-state index in [1.807, 2.05) is 11.8 Å². The normalized spacial score (nSPS) is 10.2. The fourth-order valence-corrected chi connectivity index (χ4v) is 1.52. The molecule has 0 fully saturated rings. The van der Waals surface area contributed by atoms with Crippen molar-refractivity contribution in [3.05, 3.63) is 12.2 Å². The monoisotopic (exact) mass is 216 g/mol. The standard InChI is InChI=1S/C7H12N4S2/c1-2-13-4-3-11-5-9-7(10-11)6(8)12/h5H,2-4H2,1H3,(H2,8,12). The summed E-state index contributed by atoms with van der Waals surface area (Å²) in [7, 11) is 0.